The van der Waals surface area contributed by atoms with Gasteiger partial charge in [0.2, 0.25) is 11.8 Å². The summed E-state index contributed by atoms with van der Waals surface area (Å²) in [5.74, 6) is 0.249. The summed E-state index contributed by atoms with van der Waals surface area (Å²) in [4.78, 5) is 25.6. The van der Waals surface area contributed by atoms with Gasteiger partial charge in [-0.2, -0.15) is 0 Å². The molecule has 1 aliphatic heterocycles. The van der Waals surface area contributed by atoms with Crippen molar-refractivity contribution in [1.29, 1.82) is 0 Å². The van der Waals surface area contributed by atoms with Gasteiger partial charge in [0.05, 0.1) is 0 Å². The van der Waals surface area contributed by atoms with Crippen molar-refractivity contribution in [2.45, 2.75) is 25.3 Å². The van der Waals surface area contributed by atoms with Gasteiger partial charge in [-0.25, -0.2) is 0 Å². The molecule has 1 heterocycles. The molecule has 2 aliphatic rings. The number of carbonyl (C=O) groups excluding carboxylic acids is 2. The molecule has 0 bridgehead atoms. The third-order valence-corrected chi connectivity index (χ3v) is 4.52. The zero-order valence-electron chi connectivity index (χ0n) is 12.2. The molecule has 0 radical (unpaired) electrons. The van der Waals surface area contributed by atoms with E-state index in [9.17, 15) is 9.59 Å². The quantitative estimate of drug-likeness (QED) is 0.859. The lowest BCUT2D eigenvalue weighted by Crippen LogP contribution is -2.52. The molecule has 5 heteroatoms. The minimum atomic E-state index is -0.417. The maximum Gasteiger partial charge on any atom is 0.248 e. The van der Waals surface area contributed by atoms with Gasteiger partial charge in [-0.3, -0.25) is 9.59 Å². The number of hydrogen-bond acceptors (Lipinski definition) is 3. The first-order valence-corrected chi connectivity index (χ1v) is 7.49. The monoisotopic (exact) mass is 287 g/mol. The van der Waals surface area contributed by atoms with Crippen LogP contribution in [-0.2, 0) is 4.79 Å². The van der Waals surface area contributed by atoms with Crippen LogP contribution < -0.4 is 11.1 Å². The summed E-state index contributed by atoms with van der Waals surface area (Å²) >= 11 is 0. The first kappa shape index (κ1) is 14.1. The van der Waals surface area contributed by atoms with Gasteiger partial charge in [0.1, 0.15) is 0 Å². The highest BCUT2D eigenvalue weighted by Gasteiger charge is 2.46. The van der Waals surface area contributed by atoms with Gasteiger partial charge in [-0.05, 0) is 37.0 Å². The molecular weight excluding hydrogens is 266 g/mol. The number of nitrogens with one attached hydrogen (secondary N) is 1. The minimum Gasteiger partial charge on any atom is -0.366 e. The summed E-state index contributed by atoms with van der Waals surface area (Å²) in [5.41, 5.74) is 6.88. The van der Waals surface area contributed by atoms with Crippen molar-refractivity contribution in [3.63, 3.8) is 0 Å². The molecule has 112 valence electrons. The third-order valence-electron chi connectivity index (χ3n) is 4.52. The van der Waals surface area contributed by atoms with E-state index in [0.29, 0.717) is 11.5 Å². The molecule has 0 unspecified atom stereocenters. The average molecular weight is 287 g/mol. The molecule has 0 spiro atoms. The van der Waals surface area contributed by atoms with Crippen molar-refractivity contribution in [1.82, 2.24) is 10.2 Å². The van der Waals surface area contributed by atoms with E-state index in [-0.39, 0.29) is 17.9 Å². The number of benzene rings is 1. The van der Waals surface area contributed by atoms with E-state index in [1.807, 2.05) is 17.0 Å². The number of nitrogens with zero attached hydrogens (tertiary/aromatic N) is 1. The van der Waals surface area contributed by atoms with Crippen molar-refractivity contribution in [2.24, 2.45) is 11.7 Å². The molecule has 1 saturated carbocycles. The summed E-state index contributed by atoms with van der Waals surface area (Å²) in [6.07, 6.45) is 0.908. The van der Waals surface area contributed by atoms with Crippen molar-refractivity contribution >= 4 is 11.8 Å². The predicted molar refractivity (Wildman–Crippen MR) is 79.9 cm³/mol. The van der Waals surface area contributed by atoms with Gasteiger partial charge < -0.3 is 16.0 Å². The molecule has 1 aliphatic carbocycles. The summed E-state index contributed by atoms with van der Waals surface area (Å²) in [7, 11) is 0. The summed E-state index contributed by atoms with van der Waals surface area (Å²) in [6.45, 7) is 4.63. The number of amides is 2. The lowest BCUT2D eigenvalue weighted by molar-refractivity contribution is -0.135. The van der Waals surface area contributed by atoms with E-state index >= 15 is 0 Å². The summed E-state index contributed by atoms with van der Waals surface area (Å²) in [5, 5.41) is 3.30. The fraction of sp³-hybridized carbons (Fsp3) is 0.500. The molecule has 3 atom stereocenters. The van der Waals surface area contributed by atoms with Crippen LogP contribution in [0.3, 0.4) is 0 Å². The van der Waals surface area contributed by atoms with Crippen LogP contribution in [-0.4, -0.2) is 42.4 Å². The van der Waals surface area contributed by atoms with Gasteiger partial charge in [-0.15, -0.1) is 0 Å². The smallest absolute Gasteiger partial charge is 0.248 e. The van der Waals surface area contributed by atoms with Gasteiger partial charge in [0, 0.05) is 37.2 Å². The fourth-order valence-electron chi connectivity index (χ4n) is 3.11. The van der Waals surface area contributed by atoms with E-state index in [1.54, 1.807) is 12.1 Å². The lowest BCUT2D eigenvalue weighted by Gasteiger charge is -2.34. The number of primary amides is 1. The third kappa shape index (κ3) is 2.78. The van der Waals surface area contributed by atoms with Crippen molar-refractivity contribution < 1.29 is 9.59 Å². The van der Waals surface area contributed by atoms with E-state index in [4.69, 9.17) is 5.73 Å². The molecule has 3 rings (SSSR count). The van der Waals surface area contributed by atoms with E-state index in [1.165, 1.54) is 0 Å². The maximum atomic E-state index is 12.6. The van der Waals surface area contributed by atoms with Gasteiger partial charge in [-0.1, -0.05) is 12.1 Å². The Hall–Kier alpha value is -1.88. The van der Waals surface area contributed by atoms with E-state index in [0.717, 1.165) is 31.6 Å². The van der Waals surface area contributed by atoms with Crippen LogP contribution in [0.2, 0.25) is 0 Å². The maximum absolute atomic E-state index is 12.6. The predicted octanol–water partition coefficient (Wildman–Crippen LogP) is 0.709. The highest BCUT2D eigenvalue weighted by Crippen LogP contribution is 2.48. The van der Waals surface area contributed by atoms with Crippen LogP contribution in [0.15, 0.2) is 24.3 Å². The van der Waals surface area contributed by atoms with E-state index < -0.39 is 5.91 Å². The molecule has 5 nitrogen and oxygen atoms in total. The Morgan fingerprint density at radius 1 is 1.29 bits per heavy atom. The molecule has 1 aromatic rings. The SMILES string of the molecule is C[C@@H]1CNCCN1C(=O)[C@H]1C[C@@H]1c1ccc(C(N)=O)cc1. The highest BCUT2D eigenvalue weighted by molar-refractivity contribution is 5.92. The first-order chi connectivity index (χ1) is 10.1. The van der Waals surface area contributed by atoms with Crippen LogP contribution in [0, 0.1) is 5.92 Å². The van der Waals surface area contributed by atoms with Crippen LogP contribution >= 0.6 is 0 Å². The number of piperazine rings is 1. The molecule has 0 aromatic heterocycles. The Bertz CT molecular complexity index is 555. The molecule has 2 amide bonds. The Kier molecular flexibility index (Phi) is 3.68. The second-order valence-electron chi connectivity index (χ2n) is 6.02. The Morgan fingerprint density at radius 2 is 2.00 bits per heavy atom. The summed E-state index contributed by atoms with van der Waals surface area (Å²) < 4.78 is 0. The Morgan fingerprint density at radius 3 is 2.62 bits per heavy atom. The summed E-state index contributed by atoms with van der Waals surface area (Å²) in [6, 6.07) is 7.58. The normalized spacial score (nSPS) is 28.2. The number of nitrogens with two attached hydrogens (primary N) is 1. The van der Waals surface area contributed by atoms with Gasteiger partial charge in [0.25, 0.3) is 0 Å². The van der Waals surface area contributed by atoms with Crippen molar-refractivity contribution in [3.8, 4) is 0 Å². The lowest BCUT2D eigenvalue weighted by atomic mass is 10.1. The fourth-order valence-corrected chi connectivity index (χ4v) is 3.11. The van der Waals surface area contributed by atoms with Crippen LogP contribution in [0.25, 0.3) is 0 Å². The number of rotatable bonds is 3. The zero-order chi connectivity index (χ0) is 15.0. The number of carbonyl (C=O) groups is 2. The van der Waals surface area contributed by atoms with Crippen molar-refractivity contribution in [2.75, 3.05) is 19.6 Å². The molecular formula is C16H21N3O2. The molecule has 2 fully saturated rings. The second kappa shape index (κ2) is 5.48. The Balaban J connectivity index is 1.65. The molecule has 1 aromatic carbocycles. The standard InChI is InChI=1S/C16H21N3O2/c1-10-9-18-6-7-19(10)16(21)14-8-13(14)11-2-4-12(5-3-11)15(17)20/h2-5,10,13-14,18H,6-9H2,1H3,(H2,17,20)/t10-,13-,14+/m1/s1. The number of hydrogen-bond donors (Lipinski definition) is 2. The highest BCUT2D eigenvalue weighted by atomic mass is 16.2. The van der Waals surface area contributed by atoms with Gasteiger partial charge in [0.15, 0.2) is 0 Å². The molecule has 1 saturated heterocycles. The van der Waals surface area contributed by atoms with Crippen LogP contribution in [0.1, 0.15) is 35.2 Å². The average Bonchev–Trinajstić information content (AvgIpc) is 3.27. The second-order valence-corrected chi connectivity index (χ2v) is 6.02. The zero-order valence-corrected chi connectivity index (χ0v) is 12.2. The van der Waals surface area contributed by atoms with E-state index in [2.05, 4.69) is 12.2 Å². The van der Waals surface area contributed by atoms with Crippen molar-refractivity contribution in [3.05, 3.63) is 35.4 Å². The molecule has 21 heavy (non-hydrogen) atoms. The largest absolute Gasteiger partial charge is 0.366 e. The molecule has 3 N–H and O–H groups in total. The Labute approximate surface area is 124 Å². The van der Waals surface area contributed by atoms with Gasteiger partial charge >= 0.3 is 0 Å². The van der Waals surface area contributed by atoms with Crippen LogP contribution in [0.5, 0.6) is 0 Å². The van der Waals surface area contributed by atoms with Crippen LogP contribution in [0.4, 0.5) is 0 Å². The minimum absolute atomic E-state index is 0.102. The first-order valence-electron chi connectivity index (χ1n) is 7.49. The topological polar surface area (TPSA) is 75.4 Å².